The minimum Gasteiger partial charge on any atom is -0.378 e. The second-order valence-electron chi connectivity index (χ2n) is 5.87. The van der Waals surface area contributed by atoms with E-state index in [1.54, 1.807) is 0 Å². The molecule has 94 valence electrons. The summed E-state index contributed by atoms with van der Waals surface area (Å²) < 4.78 is 5.86. The van der Waals surface area contributed by atoms with Crippen molar-refractivity contribution in [3.8, 4) is 0 Å². The highest BCUT2D eigenvalue weighted by molar-refractivity contribution is 5.01. The van der Waals surface area contributed by atoms with Gasteiger partial charge in [0.15, 0.2) is 0 Å². The van der Waals surface area contributed by atoms with Crippen molar-refractivity contribution in [2.75, 3.05) is 26.2 Å². The van der Waals surface area contributed by atoms with Crippen LogP contribution in [0.1, 0.15) is 39.5 Å². The lowest BCUT2D eigenvalue weighted by Gasteiger charge is -2.22. The molecule has 2 aliphatic rings. The maximum absolute atomic E-state index is 5.86. The van der Waals surface area contributed by atoms with Crippen LogP contribution in [0.15, 0.2) is 0 Å². The highest BCUT2D eigenvalue weighted by Gasteiger charge is 2.44. The normalized spacial score (nSPS) is 29.2. The quantitative estimate of drug-likeness (QED) is 0.674. The third-order valence-electron chi connectivity index (χ3n) is 3.87. The fraction of sp³-hybridized carbons (Fsp3) is 1.00. The molecule has 2 fully saturated rings. The second kappa shape index (κ2) is 5.48. The van der Waals surface area contributed by atoms with Crippen LogP contribution in [0.25, 0.3) is 0 Å². The van der Waals surface area contributed by atoms with Gasteiger partial charge in [-0.05, 0) is 50.7 Å². The molecule has 2 rings (SSSR count). The first kappa shape index (κ1) is 12.3. The van der Waals surface area contributed by atoms with Gasteiger partial charge in [0, 0.05) is 12.6 Å². The van der Waals surface area contributed by atoms with Gasteiger partial charge in [-0.25, -0.2) is 0 Å². The molecule has 1 atom stereocenters. The third-order valence-corrected chi connectivity index (χ3v) is 3.87. The van der Waals surface area contributed by atoms with E-state index in [-0.39, 0.29) is 0 Å². The Hall–Kier alpha value is -0.120. The lowest BCUT2D eigenvalue weighted by atomic mass is 10.1. The van der Waals surface area contributed by atoms with E-state index in [9.17, 15) is 0 Å². The standard InChI is InChI=1S/C13H26N2O/c1-13(2)10-12(13)15-6-3-9-16-11-4-7-14-8-5-11/h11-12,14-15H,3-10H2,1-2H3. The number of hydrogen-bond acceptors (Lipinski definition) is 3. The molecule has 3 nitrogen and oxygen atoms in total. The van der Waals surface area contributed by atoms with Crippen LogP contribution in [0.5, 0.6) is 0 Å². The van der Waals surface area contributed by atoms with Gasteiger partial charge in [0.25, 0.3) is 0 Å². The zero-order valence-electron chi connectivity index (χ0n) is 10.7. The topological polar surface area (TPSA) is 33.3 Å². The Morgan fingerprint density at radius 3 is 2.62 bits per heavy atom. The van der Waals surface area contributed by atoms with Crippen LogP contribution < -0.4 is 10.6 Å². The van der Waals surface area contributed by atoms with Crippen LogP contribution in [-0.4, -0.2) is 38.4 Å². The fourth-order valence-electron chi connectivity index (χ4n) is 2.38. The van der Waals surface area contributed by atoms with Crippen molar-refractivity contribution in [1.29, 1.82) is 0 Å². The van der Waals surface area contributed by atoms with Crippen LogP contribution in [0, 0.1) is 5.41 Å². The summed E-state index contributed by atoms with van der Waals surface area (Å²) in [6.45, 7) is 8.94. The molecule has 0 aromatic carbocycles. The van der Waals surface area contributed by atoms with E-state index in [1.807, 2.05) is 0 Å². The lowest BCUT2D eigenvalue weighted by molar-refractivity contribution is 0.0317. The Labute approximate surface area is 99.3 Å². The molecular weight excluding hydrogens is 200 g/mol. The molecule has 0 radical (unpaired) electrons. The van der Waals surface area contributed by atoms with E-state index in [2.05, 4.69) is 24.5 Å². The van der Waals surface area contributed by atoms with E-state index in [0.29, 0.717) is 11.5 Å². The summed E-state index contributed by atoms with van der Waals surface area (Å²) in [6.07, 6.45) is 5.36. The zero-order chi connectivity index (χ0) is 11.4. The van der Waals surface area contributed by atoms with Crippen molar-refractivity contribution < 1.29 is 4.74 Å². The number of ether oxygens (including phenoxy) is 1. The minimum absolute atomic E-state index is 0.513. The van der Waals surface area contributed by atoms with Crippen molar-refractivity contribution in [2.45, 2.75) is 51.7 Å². The molecule has 16 heavy (non-hydrogen) atoms. The fourth-order valence-corrected chi connectivity index (χ4v) is 2.38. The number of rotatable bonds is 6. The summed E-state index contributed by atoms with van der Waals surface area (Å²) in [4.78, 5) is 0. The van der Waals surface area contributed by atoms with Crippen molar-refractivity contribution in [1.82, 2.24) is 10.6 Å². The van der Waals surface area contributed by atoms with Gasteiger partial charge in [-0.1, -0.05) is 13.8 Å². The van der Waals surface area contributed by atoms with E-state index in [1.165, 1.54) is 19.3 Å². The molecule has 0 aromatic heterocycles. The Bertz CT molecular complexity index is 212. The molecule has 1 saturated carbocycles. The van der Waals surface area contributed by atoms with Gasteiger partial charge in [-0.2, -0.15) is 0 Å². The molecule has 1 heterocycles. The largest absolute Gasteiger partial charge is 0.378 e. The summed E-state index contributed by atoms with van der Waals surface area (Å²) in [5, 5.41) is 6.95. The van der Waals surface area contributed by atoms with Gasteiger partial charge >= 0.3 is 0 Å². The summed E-state index contributed by atoms with van der Waals surface area (Å²) in [5.41, 5.74) is 0.551. The molecule has 1 saturated heterocycles. The van der Waals surface area contributed by atoms with Crippen LogP contribution in [0.2, 0.25) is 0 Å². The molecular formula is C13H26N2O. The number of nitrogens with one attached hydrogen (secondary N) is 2. The first-order valence-electron chi connectivity index (χ1n) is 6.74. The Morgan fingerprint density at radius 1 is 1.31 bits per heavy atom. The molecule has 1 unspecified atom stereocenters. The average molecular weight is 226 g/mol. The monoisotopic (exact) mass is 226 g/mol. The van der Waals surface area contributed by atoms with Crippen LogP contribution >= 0.6 is 0 Å². The zero-order valence-corrected chi connectivity index (χ0v) is 10.7. The summed E-state index contributed by atoms with van der Waals surface area (Å²) in [6, 6.07) is 0.756. The molecule has 2 N–H and O–H groups in total. The lowest BCUT2D eigenvalue weighted by Crippen LogP contribution is -2.33. The van der Waals surface area contributed by atoms with Crippen LogP contribution in [0.3, 0.4) is 0 Å². The predicted molar refractivity (Wildman–Crippen MR) is 66.6 cm³/mol. The van der Waals surface area contributed by atoms with Crippen molar-refractivity contribution >= 4 is 0 Å². The van der Waals surface area contributed by atoms with Gasteiger partial charge < -0.3 is 15.4 Å². The molecule has 0 amide bonds. The van der Waals surface area contributed by atoms with E-state index < -0.39 is 0 Å². The van der Waals surface area contributed by atoms with Gasteiger partial charge in [0.05, 0.1) is 6.10 Å². The van der Waals surface area contributed by atoms with Gasteiger partial charge in [-0.3, -0.25) is 0 Å². The molecule has 0 aromatic rings. The van der Waals surface area contributed by atoms with E-state index >= 15 is 0 Å². The average Bonchev–Trinajstić information content (AvgIpc) is 2.87. The molecule has 1 aliphatic carbocycles. The SMILES string of the molecule is CC1(C)CC1NCCCOC1CCNCC1. The predicted octanol–water partition coefficient (Wildman–Crippen LogP) is 1.53. The van der Waals surface area contributed by atoms with Gasteiger partial charge in [0.1, 0.15) is 0 Å². The molecule has 0 bridgehead atoms. The third kappa shape index (κ3) is 3.72. The highest BCUT2D eigenvalue weighted by Crippen LogP contribution is 2.44. The highest BCUT2D eigenvalue weighted by atomic mass is 16.5. The molecule has 3 heteroatoms. The maximum Gasteiger partial charge on any atom is 0.0599 e. The first-order valence-corrected chi connectivity index (χ1v) is 6.74. The number of piperidine rings is 1. The van der Waals surface area contributed by atoms with E-state index in [0.717, 1.165) is 38.7 Å². The second-order valence-corrected chi connectivity index (χ2v) is 5.87. The Kier molecular flexibility index (Phi) is 4.22. The van der Waals surface area contributed by atoms with Crippen LogP contribution in [-0.2, 0) is 4.74 Å². The Balaban J connectivity index is 1.43. The van der Waals surface area contributed by atoms with Crippen molar-refractivity contribution in [2.24, 2.45) is 5.41 Å². The van der Waals surface area contributed by atoms with Crippen molar-refractivity contribution in [3.63, 3.8) is 0 Å². The maximum atomic E-state index is 5.86. The van der Waals surface area contributed by atoms with Gasteiger partial charge in [0.2, 0.25) is 0 Å². The van der Waals surface area contributed by atoms with Crippen molar-refractivity contribution in [3.05, 3.63) is 0 Å². The molecule has 0 spiro atoms. The summed E-state index contributed by atoms with van der Waals surface area (Å²) in [7, 11) is 0. The van der Waals surface area contributed by atoms with E-state index in [4.69, 9.17) is 4.74 Å². The van der Waals surface area contributed by atoms with Gasteiger partial charge in [-0.15, -0.1) is 0 Å². The molecule has 1 aliphatic heterocycles. The summed E-state index contributed by atoms with van der Waals surface area (Å²) in [5.74, 6) is 0. The summed E-state index contributed by atoms with van der Waals surface area (Å²) >= 11 is 0. The van der Waals surface area contributed by atoms with Crippen LogP contribution in [0.4, 0.5) is 0 Å². The smallest absolute Gasteiger partial charge is 0.0599 e. The minimum atomic E-state index is 0.513. The number of hydrogen-bond donors (Lipinski definition) is 2. The Morgan fingerprint density at radius 2 is 2.00 bits per heavy atom. The first-order chi connectivity index (χ1) is 7.68.